The summed E-state index contributed by atoms with van der Waals surface area (Å²) >= 11 is 12.6. The third-order valence-corrected chi connectivity index (χ3v) is 7.95. The van der Waals surface area contributed by atoms with Crippen LogP contribution < -0.4 is 10.1 Å². The maximum atomic E-state index is 12.7. The summed E-state index contributed by atoms with van der Waals surface area (Å²) < 4.78 is 37.8. The Morgan fingerprint density at radius 1 is 1.03 bits per heavy atom. The minimum Gasteiger partial charge on any atom is -0.490 e. The van der Waals surface area contributed by atoms with Crippen LogP contribution in [0.2, 0.25) is 10.0 Å². The van der Waals surface area contributed by atoms with Crippen LogP contribution in [0.15, 0.2) is 41.3 Å². The molecule has 0 spiro atoms. The molecule has 1 aliphatic heterocycles. The molecule has 7 nitrogen and oxygen atoms in total. The molecule has 2 aromatic rings. The number of unbranched alkanes of at least 4 members (excludes halogenated alkanes) is 4. The van der Waals surface area contributed by atoms with Gasteiger partial charge in [-0.1, -0.05) is 55.8 Å². The number of ether oxygens (including phenoxy) is 2. The smallest absolute Gasteiger partial charge is 0.255 e. The number of morpholine rings is 1. The summed E-state index contributed by atoms with van der Waals surface area (Å²) in [6.07, 6.45) is 5.54. The van der Waals surface area contributed by atoms with E-state index >= 15 is 0 Å². The van der Waals surface area contributed by atoms with Gasteiger partial charge in [-0.25, -0.2) is 8.42 Å². The molecule has 0 saturated carbocycles. The number of anilines is 1. The summed E-state index contributed by atoms with van der Waals surface area (Å²) in [6.45, 7) is 4.07. The quantitative estimate of drug-likeness (QED) is 0.382. The average molecular weight is 529 g/mol. The highest BCUT2D eigenvalue weighted by atomic mass is 35.5. The van der Waals surface area contributed by atoms with Gasteiger partial charge in [0, 0.05) is 24.3 Å². The van der Waals surface area contributed by atoms with Gasteiger partial charge in [0.25, 0.3) is 5.91 Å². The molecule has 34 heavy (non-hydrogen) atoms. The number of hydrogen-bond acceptors (Lipinski definition) is 5. The van der Waals surface area contributed by atoms with Crippen LogP contribution >= 0.6 is 23.2 Å². The number of rotatable bonds is 11. The van der Waals surface area contributed by atoms with Gasteiger partial charge in [-0.3, -0.25) is 4.79 Å². The number of halogens is 2. The molecular formula is C24H30Cl2N2O5S. The van der Waals surface area contributed by atoms with Crippen LogP contribution in [0.5, 0.6) is 5.75 Å². The van der Waals surface area contributed by atoms with Gasteiger partial charge in [0.1, 0.15) is 0 Å². The van der Waals surface area contributed by atoms with Crippen molar-refractivity contribution in [2.45, 2.75) is 43.9 Å². The van der Waals surface area contributed by atoms with Crippen LogP contribution in [0.3, 0.4) is 0 Å². The zero-order chi connectivity index (χ0) is 24.6. The van der Waals surface area contributed by atoms with Crippen molar-refractivity contribution in [2.24, 2.45) is 0 Å². The third-order valence-electron chi connectivity index (χ3n) is 5.47. The summed E-state index contributed by atoms with van der Waals surface area (Å²) in [5, 5.41) is 3.26. The Balaban J connectivity index is 1.60. The van der Waals surface area contributed by atoms with E-state index in [0.29, 0.717) is 44.3 Å². The first kappa shape index (κ1) is 26.8. The molecule has 2 aromatic carbocycles. The predicted molar refractivity (Wildman–Crippen MR) is 135 cm³/mol. The molecule has 1 heterocycles. The van der Waals surface area contributed by atoms with E-state index in [4.69, 9.17) is 32.7 Å². The maximum absolute atomic E-state index is 12.7. The molecule has 1 saturated heterocycles. The zero-order valence-corrected chi connectivity index (χ0v) is 21.5. The van der Waals surface area contributed by atoms with Crippen molar-refractivity contribution in [3.05, 3.63) is 52.0 Å². The lowest BCUT2D eigenvalue weighted by molar-refractivity contribution is 0.0730. The molecule has 1 aliphatic rings. The molecule has 1 amide bonds. The second kappa shape index (κ2) is 12.7. The maximum Gasteiger partial charge on any atom is 0.255 e. The number of benzene rings is 2. The molecule has 0 bridgehead atoms. The number of nitrogens with zero attached hydrogens (tertiary/aromatic N) is 1. The first-order chi connectivity index (χ1) is 16.3. The molecule has 0 aromatic heterocycles. The van der Waals surface area contributed by atoms with Gasteiger partial charge in [-0.2, -0.15) is 4.31 Å². The molecule has 0 aliphatic carbocycles. The number of carbonyl (C=O) groups excluding carboxylic acids is 1. The van der Waals surface area contributed by atoms with Crippen molar-refractivity contribution in [3.8, 4) is 5.75 Å². The van der Waals surface area contributed by atoms with E-state index in [9.17, 15) is 13.2 Å². The zero-order valence-electron chi connectivity index (χ0n) is 19.2. The molecule has 0 radical (unpaired) electrons. The molecule has 0 unspecified atom stereocenters. The number of nitrogens with one attached hydrogen (secondary N) is 1. The van der Waals surface area contributed by atoms with Crippen LogP contribution in [0, 0.1) is 0 Å². The van der Waals surface area contributed by atoms with Crippen molar-refractivity contribution < 1.29 is 22.7 Å². The minimum atomic E-state index is -3.60. The molecule has 1 fully saturated rings. The standard InChI is InChI=1S/C24H30Cl2N2O5S/c1-2-3-4-5-6-13-33-23-21(25)16-18(17-22(23)26)24(29)27-19-7-9-20(10-8-19)34(30,31)28-11-14-32-15-12-28/h7-10,16-17H,2-6,11-15H2,1H3,(H,27,29). The topological polar surface area (TPSA) is 84.9 Å². The lowest BCUT2D eigenvalue weighted by Crippen LogP contribution is -2.40. The predicted octanol–water partition coefficient (Wildman–Crippen LogP) is 5.62. The molecular weight excluding hydrogens is 499 g/mol. The van der Waals surface area contributed by atoms with Gasteiger partial charge in [0.05, 0.1) is 34.8 Å². The Kier molecular flexibility index (Phi) is 10.0. The van der Waals surface area contributed by atoms with Gasteiger partial charge in [-0.15, -0.1) is 0 Å². The average Bonchev–Trinajstić information content (AvgIpc) is 2.83. The van der Waals surface area contributed by atoms with Crippen molar-refractivity contribution in [2.75, 3.05) is 38.2 Å². The Labute approximate surface area is 211 Å². The van der Waals surface area contributed by atoms with Crippen molar-refractivity contribution in [1.29, 1.82) is 0 Å². The van der Waals surface area contributed by atoms with Gasteiger partial charge >= 0.3 is 0 Å². The fraction of sp³-hybridized carbons (Fsp3) is 0.458. The molecule has 1 N–H and O–H groups in total. The van der Waals surface area contributed by atoms with Crippen LogP contribution in [0.1, 0.15) is 49.4 Å². The molecule has 3 rings (SSSR count). The lowest BCUT2D eigenvalue weighted by Gasteiger charge is -2.26. The first-order valence-corrected chi connectivity index (χ1v) is 13.6. The fourth-order valence-electron chi connectivity index (χ4n) is 3.56. The first-order valence-electron chi connectivity index (χ1n) is 11.4. The summed E-state index contributed by atoms with van der Waals surface area (Å²) in [4.78, 5) is 12.9. The van der Waals surface area contributed by atoms with E-state index in [2.05, 4.69) is 12.2 Å². The summed E-state index contributed by atoms with van der Waals surface area (Å²) in [5.41, 5.74) is 0.723. The van der Waals surface area contributed by atoms with E-state index in [-0.39, 0.29) is 20.5 Å². The lowest BCUT2D eigenvalue weighted by atomic mass is 10.1. The van der Waals surface area contributed by atoms with E-state index in [0.717, 1.165) is 12.8 Å². The molecule has 10 heteroatoms. The number of sulfonamides is 1. The fourth-order valence-corrected chi connectivity index (χ4v) is 5.56. The second-order valence-electron chi connectivity index (χ2n) is 8.03. The third kappa shape index (κ3) is 7.09. The van der Waals surface area contributed by atoms with Gasteiger partial charge in [0.15, 0.2) is 5.75 Å². The largest absolute Gasteiger partial charge is 0.490 e. The van der Waals surface area contributed by atoms with E-state index in [1.165, 1.54) is 47.8 Å². The Bertz CT molecular complexity index is 1050. The van der Waals surface area contributed by atoms with Crippen LogP contribution in [-0.4, -0.2) is 51.5 Å². The highest BCUT2D eigenvalue weighted by molar-refractivity contribution is 7.89. The Morgan fingerprint density at radius 3 is 2.26 bits per heavy atom. The molecule has 0 atom stereocenters. The minimum absolute atomic E-state index is 0.162. The van der Waals surface area contributed by atoms with E-state index in [1.54, 1.807) is 12.1 Å². The number of amides is 1. The van der Waals surface area contributed by atoms with Gasteiger partial charge < -0.3 is 14.8 Å². The number of carbonyl (C=O) groups is 1. The summed E-state index contributed by atoms with van der Waals surface area (Å²) in [5.74, 6) is -0.0493. The highest BCUT2D eigenvalue weighted by Crippen LogP contribution is 2.34. The van der Waals surface area contributed by atoms with Crippen molar-refractivity contribution in [3.63, 3.8) is 0 Å². The highest BCUT2D eigenvalue weighted by Gasteiger charge is 2.26. The summed E-state index contributed by atoms with van der Waals surface area (Å²) in [7, 11) is -3.60. The van der Waals surface area contributed by atoms with E-state index < -0.39 is 15.9 Å². The van der Waals surface area contributed by atoms with Crippen LogP contribution in [0.4, 0.5) is 5.69 Å². The van der Waals surface area contributed by atoms with E-state index in [1.807, 2.05) is 0 Å². The number of hydrogen-bond donors (Lipinski definition) is 1. The monoisotopic (exact) mass is 528 g/mol. The molecule has 186 valence electrons. The Hall–Kier alpha value is -1.84. The van der Waals surface area contributed by atoms with Crippen molar-refractivity contribution in [1.82, 2.24) is 4.31 Å². The van der Waals surface area contributed by atoms with Gasteiger partial charge in [0.2, 0.25) is 10.0 Å². The van der Waals surface area contributed by atoms with Crippen LogP contribution in [-0.2, 0) is 14.8 Å². The van der Waals surface area contributed by atoms with Crippen LogP contribution in [0.25, 0.3) is 0 Å². The van der Waals surface area contributed by atoms with Gasteiger partial charge in [-0.05, 0) is 42.8 Å². The summed E-state index contributed by atoms with van der Waals surface area (Å²) in [6, 6.07) is 9.05. The normalized spacial score (nSPS) is 14.7. The Morgan fingerprint density at radius 2 is 1.65 bits per heavy atom. The SMILES string of the molecule is CCCCCCCOc1c(Cl)cc(C(=O)Nc2ccc(S(=O)(=O)N3CCOCC3)cc2)cc1Cl. The van der Waals surface area contributed by atoms with Crippen molar-refractivity contribution >= 4 is 44.8 Å². The second-order valence-corrected chi connectivity index (χ2v) is 10.8.